The van der Waals surface area contributed by atoms with Gasteiger partial charge in [0.25, 0.3) is 5.91 Å². The molecule has 3 aromatic rings. The van der Waals surface area contributed by atoms with Gasteiger partial charge >= 0.3 is 0 Å². The van der Waals surface area contributed by atoms with Crippen LogP contribution >= 0.6 is 11.3 Å². The third-order valence-corrected chi connectivity index (χ3v) is 6.93. The van der Waals surface area contributed by atoms with Crippen LogP contribution in [0.25, 0.3) is 0 Å². The van der Waals surface area contributed by atoms with E-state index in [2.05, 4.69) is 4.98 Å². The standard InChI is InChI=1S/C27H28N2O5S/c1-5-13-29-23(22(25(31)27(29)32)24(30)26-16(2)28-17(3)35-26)19-11-12-20(21(14-19)33-4)34-15-18-9-7-6-8-10-18/h6-12,14,23,31H,5,13,15H2,1-4H3. The van der Waals surface area contributed by atoms with Crippen LogP contribution < -0.4 is 9.47 Å². The van der Waals surface area contributed by atoms with Gasteiger partial charge in [0.1, 0.15) is 6.61 Å². The summed E-state index contributed by atoms with van der Waals surface area (Å²) in [6.07, 6.45) is 0.672. The predicted molar refractivity (Wildman–Crippen MR) is 134 cm³/mol. The average molecular weight is 493 g/mol. The first-order valence-corrected chi connectivity index (χ1v) is 12.2. The molecular formula is C27H28N2O5S. The van der Waals surface area contributed by atoms with E-state index in [1.54, 1.807) is 32.2 Å². The van der Waals surface area contributed by atoms with Crippen molar-refractivity contribution in [1.29, 1.82) is 0 Å². The molecule has 1 atom stereocenters. The number of hydrogen-bond acceptors (Lipinski definition) is 7. The van der Waals surface area contributed by atoms with Gasteiger partial charge < -0.3 is 19.5 Å². The highest BCUT2D eigenvalue weighted by Gasteiger charge is 2.44. The number of Topliss-reactive ketones (excluding diaryl/α,β-unsaturated/α-hetero) is 1. The molecule has 4 rings (SSSR count). The molecule has 7 nitrogen and oxygen atoms in total. The Morgan fingerprint density at radius 3 is 2.51 bits per heavy atom. The second-order valence-electron chi connectivity index (χ2n) is 8.32. The molecule has 0 saturated heterocycles. The van der Waals surface area contributed by atoms with Gasteiger partial charge in [0.15, 0.2) is 17.3 Å². The van der Waals surface area contributed by atoms with Crippen LogP contribution in [0.4, 0.5) is 0 Å². The Labute approximate surface area is 208 Å². The summed E-state index contributed by atoms with van der Waals surface area (Å²) in [6.45, 7) is 6.28. The number of carbonyl (C=O) groups excluding carboxylic acids is 2. The molecule has 0 saturated carbocycles. The topological polar surface area (TPSA) is 89.0 Å². The summed E-state index contributed by atoms with van der Waals surface area (Å²) in [4.78, 5) is 32.9. The highest BCUT2D eigenvalue weighted by atomic mass is 32.1. The Bertz CT molecular complexity index is 1280. The van der Waals surface area contributed by atoms with Crippen LogP contribution in [0.1, 0.15) is 50.9 Å². The largest absolute Gasteiger partial charge is 0.503 e. The summed E-state index contributed by atoms with van der Waals surface area (Å²) in [7, 11) is 1.54. The van der Waals surface area contributed by atoms with Crippen molar-refractivity contribution in [2.24, 2.45) is 0 Å². The number of thiazole rings is 1. The highest BCUT2D eigenvalue weighted by Crippen LogP contribution is 2.42. The van der Waals surface area contributed by atoms with Crippen LogP contribution in [0, 0.1) is 13.8 Å². The first-order chi connectivity index (χ1) is 16.8. The van der Waals surface area contributed by atoms with E-state index < -0.39 is 17.7 Å². The maximum Gasteiger partial charge on any atom is 0.290 e. The number of carbonyl (C=O) groups is 2. The quantitative estimate of drug-likeness (QED) is 0.406. The fourth-order valence-corrected chi connectivity index (χ4v) is 5.15. The van der Waals surface area contributed by atoms with Crippen molar-refractivity contribution in [3.8, 4) is 11.5 Å². The van der Waals surface area contributed by atoms with E-state index in [9.17, 15) is 14.7 Å². The molecule has 0 aliphatic carbocycles. The Morgan fingerprint density at radius 2 is 1.89 bits per heavy atom. The minimum atomic E-state index is -0.742. The first-order valence-electron chi connectivity index (χ1n) is 11.4. The lowest BCUT2D eigenvalue weighted by atomic mass is 9.94. The zero-order valence-corrected chi connectivity index (χ0v) is 21.0. The van der Waals surface area contributed by atoms with Crippen molar-refractivity contribution in [3.05, 3.63) is 86.6 Å². The van der Waals surface area contributed by atoms with Gasteiger partial charge in [-0.3, -0.25) is 9.59 Å². The fourth-order valence-electron chi connectivity index (χ4n) is 4.28. The molecule has 1 amide bonds. The normalized spacial score (nSPS) is 15.6. The maximum absolute atomic E-state index is 13.6. The molecule has 0 fully saturated rings. The number of methoxy groups -OCH3 is 1. The fraction of sp³-hybridized carbons (Fsp3) is 0.296. The summed E-state index contributed by atoms with van der Waals surface area (Å²) < 4.78 is 11.6. The lowest BCUT2D eigenvalue weighted by molar-refractivity contribution is -0.129. The number of amides is 1. The monoisotopic (exact) mass is 492 g/mol. The molecule has 1 N–H and O–H groups in total. The third-order valence-electron chi connectivity index (χ3n) is 5.86. The number of rotatable bonds is 9. The number of ketones is 1. The van der Waals surface area contributed by atoms with Gasteiger partial charge in [0.2, 0.25) is 5.78 Å². The molecule has 8 heteroatoms. The first kappa shape index (κ1) is 24.5. The zero-order valence-electron chi connectivity index (χ0n) is 20.2. The second kappa shape index (κ2) is 10.3. The number of hydrogen-bond donors (Lipinski definition) is 1. The molecule has 0 radical (unpaired) electrons. The number of aromatic nitrogens is 1. The Hall–Kier alpha value is -3.65. The van der Waals surface area contributed by atoms with Crippen molar-refractivity contribution in [3.63, 3.8) is 0 Å². The van der Waals surface area contributed by atoms with Gasteiger partial charge in [-0.1, -0.05) is 43.3 Å². The van der Waals surface area contributed by atoms with Gasteiger partial charge in [0, 0.05) is 6.54 Å². The summed E-state index contributed by atoms with van der Waals surface area (Å²) in [5.74, 6) is -0.428. The molecular weight excluding hydrogens is 464 g/mol. The Morgan fingerprint density at radius 1 is 1.14 bits per heavy atom. The van der Waals surface area contributed by atoms with Gasteiger partial charge in [-0.05, 0) is 43.5 Å². The van der Waals surface area contributed by atoms with E-state index in [-0.39, 0.29) is 11.4 Å². The maximum atomic E-state index is 13.6. The minimum absolute atomic E-state index is 0.0650. The van der Waals surface area contributed by atoms with Crippen LogP contribution in [0.15, 0.2) is 59.9 Å². The molecule has 0 spiro atoms. The van der Waals surface area contributed by atoms with E-state index in [0.717, 1.165) is 10.6 Å². The van der Waals surface area contributed by atoms with Crippen molar-refractivity contribution in [2.45, 2.75) is 39.8 Å². The van der Waals surface area contributed by atoms with Gasteiger partial charge in [-0.15, -0.1) is 11.3 Å². The number of nitrogens with zero attached hydrogens (tertiary/aromatic N) is 2. The average Bonchev–Trinajstić information content (AvgIpc) is 3.33. The Kier molecular flexibility index (Phi) is 7.21. The van der Waals surface area contributed by atoms with Crippen LogP contribution in [0.5, 0.6) is 11.5 Å². The molecule has 0 bridgehead atoms. The summed E-state index contributed by atoms with van der Waals surface area (Å²) in [6, 6.07) is 14.4. The smallest absolute Gasteiger partial charge is 0.290 e. The van der Waals surface area contributed by atoms with E-state index in [1.807, 2.05) is 44.2 Å². The third kappa shape index (κ3) is 4.79. The van der Waals surface area contributed by atoms with E-state index >= 15 is 0 Å². The Balaban J connectivity index is 1.72. The number of ether oxygens (including phenoxy) is 2. The van der Waals surface area contributed by atoms with Crippen molar-refractivity contribution < 1.29 is 24.2 Å². The molecule has 35 heavy (non-hydrogen) atoms. The number of aliphatic hydroxyl groups excluding tert-OH is 1. The lowest BCUT2D eigenvalue weighted by Gasteiger charge is -2.27. The highest BCUT2D eigenvalue weighted by molar-refractivity contribution is 7.14. The second-order valence-corrected chi connectivity index (χ2v) is 9.53. The van der Waals surface area contributed by atoms with Crippen molar-refractivity contribution in [2.75, 3.05) is 13.7 Å². The number of aliphatic hydroxyl groups is 1. The molecule has 182 valence electrons. The SMILES string of the molecule is CCCN1C(=O)C(O)=C(C(=O)c2sc(C)nc2C)C1c1ccc(OCc2ccccc2)c(OC)c1. The molecule has 2 heterocycles. The van der Waals surface area contributed by atoms with E-state index in [1.165, 1.54) is 16.2 Å². The van der Waals surface area contributed by atoms with Crippen LogP contribution in [0.3, 0.4) is 0 Å². The number of benzene rings is 2. The van der Waals surface area contributed by atoms with Crippen LogP contribution in [-0.2, 0) is 11.4 Å². The van der Waals surface area contributed by atoms with Gasteiger partial charge in [-0.2, -0.15) is 0 Å². The summed E-state index contributed by atoms with van der Waals surface area (Å²) >= 11 is 1.26. The van der Waals surface area contributed by atoms with Crippen LogP contribution in [0.2, 0.25) is 0 Å². The molecule has 1 unspecified atom stereocenters. The molecule has 1 aliphatic heterocycles. The zero-order chi connectivity index (χ0) is 25.1. The number of aryl methyl sites for hydroxylation is 2. The van der Waals surface area contributed by atoms with E-state index in [4.69, 9.17) is 9.47 Å². The molecule has 1 aromatic heterocycles. The van der Waals surface area contributed by atoms with Crippen LogP contribution in [-0.4, -0.2) is 40.3 Å². The predicted octanol–water partition coefficient (Wildman–Crippen LogP) is 5.34. The summed E-state index contributed by atoms with van der Waals surface area (Å²) in [5.41, 5.74) is 2.32. The van der Waals surface area contributed by atoms with E-state index in [0.29, 0.717) is 47.2 Å². The summed E-state index contributed by atoms with van der Waals surface area (Å²) in [5, 5.41) is 11.6. The molecule has 1 aliphatic rings. The van der Waals surface area contributed by atoms with Gasteiger partial charge in [0.05, 0.1) is 34.3 Å². The van der Waals surface area contributed by atoms with Crippen molar-refractivity contribution in [1.82, 2.24) is 9.88 Å². The minimum Gasteiger partial charge on any atom is -0.503 e. The lowest BCUT2D eigenvalue weighted by Crippen LogP contribution is -2.31. The van der Waals surface area contributed by atoms with Gasteiger partial charge in [-0.25, -0.2) is 4.98 Å². The van der Waals surface area contributed by atoms with Crippen molar-refractivity contribution >= 4 is 23.0 Å². The molecule has 2 aromatic carbocycles.